The molecule has 22 heavy (non-hydrogen) atoms. The molecule has 0 bridgehead atoms. The van der Waals surface area contributed by atoms with Gasteiger partial charge < -0.3 is 4.98 Å². The zero-order chi connectivity index (χ0) is 15.7. The van der Waals surface area contributed by atoms with Gasteiger partial charge in [-0.25, -0.2) is 4.79 Å². The molecule has 110 valence electrons. The van der Waals surface area contributed by atoms with Crippen LogP contribution < -0.4 is 11.2 Å². The molecule has 0 aliphatic carbocycles. The molecule has 0 spiro atoms. The maximum absolute atomic E-state index is 11.8. The van der Waals surface area contributed by atoms with E-state index in [9.17, 15) is 14.9 Å². The second-order valence-corrected chi connectivity index (χ2v) is 7.03. The van der Waals surface area contributed by atoms with Crippen LogP contribution in [-0.4, -0.2) is 9.97 Å². The van der Waals surface area contributed by atoms with Crippen LogP contribution in [0.5, 0.6) is 0 Å². The molecule has 0 fully saturated rings. The van der Waals surface area contributed by atoms with Crippen LogP contribution in [-0.2, 0) is 5.75 Å². The molecule has 2 heterocycles. The van der Waals surface area contributed by atoms with Crippen LogP contribution >= 0.6 is 23.1 Å². The van der Waals surface area contributed by atoms with Gasteiger partial charge in [0.2, 0.25) is 0 Å². The predicted octanol–water partition coefficient (Wildman–Crippen LogP) is 2.75. The van der Waals surface area contributed by atoms with Crippen molar-refractivity contribution in [2.75, 3.05) is 0 Å². The fraction of sp³-hybridized carbons (Fsp3) is 0.133. The van der Waals surface area contributed by atoms with E-state index >= 15 is 0 Å². The number of nitrogens with one attached hydrogen (secondary N) is 2. The van der Waals surface area contributed by atoms with Crippen LogP contribution in [0.4, 0.5) is 0 Å². The van der Waals surface area contributed by atoms with Gasteiger partial charge in [-0.3, -0.25) is 9.78 Å². The second kappa shape index (κ2) is 5.83. The van der Waals surface area contributed by atoms with Crippen LogP contribution in [0.1, 0.15) is 16.7 Å². The van der Waals surface area contributed by atoms with Crippen molar-refractivity contribution in [3.8, 4) is 6.07 Å². The van der Waals surface area contributed by atoms with Gasteiger partial charge in [0, 0.05) is 5.75 Å². The molecule has 0 saturated carbocycles. The van der Waals surface area contributed by atoms with E-state index in [4.69, 9.17) is 0 Å². The van der Waals surface area contributed by atoms with Gasteiger partial charge in [-0.15, -0.1) is 23.1 Å². The van der Waals surface area contributed by atoms with Gasteiger partial charge in [0.05, 0.1) is 9.73 Å². The van der Waals surface area contributed by atoms with Gasteiger partial charge in [0.25, 0.3) is 5.56 Å². The number of nitriles is 1. The van der Waals surface area contributed by atoms with Crippen molar-refractivity contribution >= 4 is 33.3 Å². The Balaban J connectivity index is 2.01. The molecule has 0 aliphatic heterocycles. The second-order valence-electron chi connectivity index (χ2n) is 4.77. The summed E-state index contributed by atoms with van der Waals surface area (Å²) in [4.78, 5) is 27.9. The molecular formula is C15H11N3O2S2. The topological polar surface area (TPSA) is 89.5 Å². The zero-order valence-corrected chi connectivity index (χ0v) is 13.2. The molecule has 0 saturated heterocycles. The number of nitrogens with zero attached hydrogens (tertiary/aromatic N) is 1. The Hall–Kier alpha value is -2.30. The molecule has 3 aromatic rings. The third-order valence-corrected chi connectivity index (χ3v) is 5.64. The van der Waals surface area contributed by atoms with Gasteiger partial charge in [-0.2, -0.15) is 5.26 Å². The summed E-state index contributed by atoms with van der Waals surface area (Å²) < 4.78 is 1.12. The smallest absolute Gasteiger partial charge is 0.305 e. The van der Waals surface area contributed by atoms with E-state index in [1.807, 2.05) is 25.1 Å². The van der Waals surface area contributed by atoms with E-state index in [-0.39, 0.29) is 0 Å². The first-order chi connectivity index (χ1) is 10.6. The van der Waals surface area contributed by atoms with E-state index in [0.717, 1.165) is 9.77 Å². The average molecular weight is 329 g/mol. The number of thioether (sulfide) groups is 1. The van der Waals surface area contributed by atoms with E-state index in [2.05, 4.69) is 22.1 Å². The molecule has 0 atom stereocenters. The Morgan fingerprint density at radius 3 is 2.86 bits per heavy atom. The van der Waals surface area contributed by atoms with Crippen molar-refractivity contribution in [2.45, 2.75) is 16.9 Å². The Morgan fingerprint density at radius 1 is 1.32 bits per heavy atom. The van der Waals surface area contributed by atoms with Crippen molar-refractivity contribution < 1.29 is 0 Å². The minimum Gasteiger partial charge on any atom is -0.305 e. The van der Waals surface area contributed by atoms with Gasteiger partial charge >= 0.3 is 5.69 Å². The normalized spacial score (nSPS) is 10.7. The number of aromatic nitrogens is 2. The monoisotopic (exact) mass is 329 g/mol. The minimum absolute atomic E-state index is 0.327. The number of hydrogen-bond donors (Lipinski definition) is 2. The highest BCUT2D eigenvalue weighted by Gasteiger charge is 2.16. The number of rotatable bonds is 3. The van der Waals surface area contributed by atoms with Crippen molar-refractivity contribution in [3.63, 3.8) is 0 Å². The molecule has 0 amide bonds. The molecular weight excluding hydrogens is 318 g/mol. The van der Waals surface area contributed by atoms with Crippen molar-refractivity contribution in [3.05, 3.63) is 61.8 Å². The summed E-state index contributed by atoms with van der Waals surface area (Å²) >= 11 is 2.73. The predicted molar refractivity (Wildman–Crippen MR) is 88.5 cm³/mol. The maximum atomic E-state index is 11.8. The molecule has 0 radical (unpaired) electrons. The number of H-pyrrole nitrogens is 2. The Kier molecular flexibility index (Phi) is 3.88. The molecule has 2 aromatic heterocycles. The molecule has 1 aromatic carbocycles. The fourth-order valence-corrected chi connectivity index (χ4v) is 4.41. The van der Waals surface area contributed by atoms with Crippen LogP contribution in [0.2, 0.25) is 0 Å². The highest BCUT2D eigenvalue weighted by Crippen LogP contribution is 2.36. The van der Waals surface area contributed by atoms with E-state index in [1.54, 1.807) is 0 Å². The maximum Gasteiger partial charge on any atom is 0.326 e. The summed E-state index contributed by atoms with van der Waals surface area (Å²) in [6.45, 7) is 2.03. The van der Waals surface area contributed by atoms with E-state index in [0.29, 0.717) is 21.5 Å². The van der Waals surface area contributed by atoms with Crippen LogP contribution in [0.15, 0.2) is 38.1 Å². The number of aromatic amines is 2. The molecule has 3 rings (SSSR count). The number of fused-ring (bicyclic) bond motifs is 1. The lowest BCUT2D eigenvalue weighted by molar-refractivity contribution is 1.08. The van der Waals surface area contributed by atoms with Gasteiger partial charge in [-0.05, 0) is 12.5 Å². The lowest BCUT2D eigenvalue weighted by atomic mass is 10.2. The van der Waals surface area contributed by atoms with Crippen molar-refractivity contribution in [1.29, 1.82) is 5.26 Å². The average Bonchev–Trinajstić information content (AvgIpc) is 2.83. The fourth-order valence-electron chi connectivity index (χ4n) is 2.15. The Morgan fingerprint density at radius 2 is 2.14 bits per heavy atom. The van der Waals surface area contributed by atoms with E-state index < -0.39 is 11.2 Å². The molecule has 0 unspecified atom stereocenters. The van der Waals surface area contributed by atoms with Crippen molar-refractivity contribution in [1.82, 2.24) is 9.97 Å². The highest BCUT2D eigenvalue weighted by molar-refractivity contribution is 8.00. The summed E-state index contributed by atoms with van der Waals surface area (Å²) in [7, 11) is 0. The summed E-state index contributed by atoms with van der Waals surface area (Å²) in [5.74, 6) is 0.700. The molecule has 0 aliphatic rings. The quantitative estimate of drug-likeness (QED) is 0.723. The molecule has 2 N–H and O–H groups in total. The number of aryl methyl sites for hydroxylation is 1. The van der Waals surface area contributed by atoms with Gasteiger partial charge in [0.15, 0.2) is 0 Å². The summed E-state index contributed by atoms with van der Waals surface area (Å²) in [5.41, 5.74) is 1.96. The number of hydrogen-bond acceptors (Lipinski definition) is 5. The summed E-state index contributed by atoms with van der Waals surface area (Å²) in [6.07, 6.45) is 0. The van der Waals surface area contributed by atoms with Crippen LogP contribution in [0, 0.1) is 18.3 Å². The first-order valence-electron chi connectivity index (χ1n) is 6.46. The molecule has 5 nitrogen and oxygen atoms in total. The largest absolute Gasteiger partial charge is 0.326 e. The van der Waals surface area contributed by atoms with E-state index in [1.165, 1.54) is 28.7 Å². The molecule has 7 heteroatoms. The third-order valence-electron chi connectivity index (χ3n) is 3.11. The first kappa shape index (κ1) is 14.6. The van der Waals surface area contributed by atoms with Gasteiger partial charge in [0.1, 0.15) is 16.3 Å². The summed E-state index contributed by atoms with van der Waals surface area (Å²) in [6, 6.07) is 10.2. The summed E-state index contributed by atoms with van der Waals surface area (Å²) in [5, 5.41) is 9.34. The SMILES string of the molecule is Cc1cccc(CSc2sc3c(=O)[nH]c(=O)[nH]c3c2C#N)c1. The lowest BCUT2D eigenvalue weighted by Gasteiger charge is -2.01. The van der Waals surface area contributed by atoms with Gasteiger partial charge in [-0.1, -0.05) is 29.8 Å². The van der Waals surface area contributed by atoms with Crippen molar-refractivity contribution in [2.24, 2.45) is 0 Å². The number of benzene rings is 1. The third kappa shape index (κ3) is 2.71. The Labute approximate surface area is 133 Å². The van der Waals surface area contributed by atoms with Crippen LogP contribution in [0.3, 0.4) is 0 Å². The number of thiophene rings is 1. The Bertz CT molecular complexity index is 1010. The van der Waals surface area contributed by atoms with Crippen LogP contribution in [0.25, 0.3) is 10.2 Å². The zero-order valence-electron chi connectivity index (χ0n) is 11.6. The highest BCUT2D eigenvalue weighted by atomic mass is 32.2. The first-order valence-corrected chi connectivity index (χ1v) is 8.26. The lowest BCUT2D eigenvalue weighted by Crippen LogP contribution is -2.20. The standard InChI is InChI=1S/C15H11N3O2S2/c1-8-3-2-4-9(5-8)7-21-14-10(6-16)11-12(22-14)13(19)18-15(20)17-11/h2-5H,7H2,1H3,(H2,17,18,19,20). The minimum atomic E-state index is -0.595.